The lowest BCUT2D eigenvalue weighted by Crippen LogP contribution is -2.12. The Labute approximate surface area is 189 Å². The van der Waals surface area contributed by atoms with Crippen LogP contribution in [0.2, 0.25) is 0 Å². The number of fused-ring (bicyclic) bond motifs is 2. The lowest BCUT2D eigenvalue weighted by molar-refractivity contribution is 0.102. The largest absolute Gasteiger partial charge is 0.373 e. The van der Waals surface area contributed by atoms with Crippen molar-refractivity contribution in [3.8, 4) is 0 Å². The first-order chi connectivity index (χ1) is 15.7. The highest BCUT2D eigenvalue weighted by Gasteiger charge is 2.16. The molecule has 0 aliphatic carbocycles. The molecule has 7 heteroatoms. The number of aromatic amines is 1. The fourth-order valence-corrected chi connectivity index (χ4v) is 4.69. The normalized spacial score (nSPS) is 11.0. The molecule has 0 unspecified atom stereocenters. The van der Waals surface area contributed by atoms with Gasteiger partial charge in [0.2, 0.25) is 0 Å². The Morgan fingerprint density at radius 1 is 1.00 bits per heavy atom. The number of nitrogens with zero attached hydrogens (tertiary/aromatic N) is 2. The van der Waals surface area contributed by atoms with Crippen molar-refractivity contribution in [1.82, 2.24) is 15.0 Å². The number of carbonyl (C=O) groups is 1. The van der Waals surface area contributed by atoms with Crippen molar-refractivity contribution in [2.75, 3.05) is 17.7 Å². The third-order valence-electron chi connectivity index (χ3n) is 5.26. The minimum absolute atomic E-state index is 0.187. The van der Waals surface area contributed by atoms with Gasteiger partial charge in [0, 0.05) is 52.6 Å². The van der Waals surface area contributed by atoms with Crippen LogP contribution in [0.3, 0.4) is 0 Å². The summed E-state index contributed by atoms with van der Waals surface area (Å²) in [6.07, 6.45) is 5.33. The van der Waals surface area contributed by atoms with E-state index in [-0.39, 0.29) is 5.91 Å². The summed E-state index contributed by atoms with van der Waals surface area (Å²) in [6, 6.07) is 19.9. The van der Waals surface area contributed by atoms with Gasteiger partial charge < -0.3 is 15.6 Å². The number of H-pyrrole nitrogens is 1. The molecule has 0 aliphatic rings. The number of hydrogen-bond acceptors (Lipinski definition) is 5. The van der Waals surface area contributed by atoms with Crippen LogP contribution in [0.25, 0.3) is 21.7 Å². The molecule has 32 heavy (non-hydrogen) atoms. The molecular weight excluding hydrogens is 418 g/mol. The summed E-state index contributed by atoms with van der Waals surface area (Å²) >= 11 is 1.70. The number of nitrogens with one attached hydrogen (secondary N) is 3. The van der Waals surface area contributed by atoms with Crippen molar-refractivity contribution in [2.45, 2.75) is 10.6 Å². The van der Waals surface area contributed by atoms with Gasteiger partial charge in [0.1, 0.15) is 11.6 Å². The first-order valence-corrected chi connectivity index (χ1v) is 11.2. The molecule has 0 bridgehead atoms. The Hall–Kier alpha value is -3.84. The maximum Gasteiger partial charge on any atom is 0.259 e. The minimum atomic E-state index is -0.187. The van der Waals surface area contributed by atoms with E-state index in [9.17, 15) is 4.79 Å². The van der Waals surface area contributed by atoms with Crippen LogP contribution in [0.1, 0.15) is 15.9 Å². The van der Waals surface area contributed by atoms with E-state index in [4.69, 9.17) is 0 Å². The number of hydrogen-bond donors (Lipinski definition) is 3. The van der Waals surface area contributed by atoms with Crippen molar-refractivity contribution in [2.24, 2.45) is 0 Å². The standard InChI is InChI=1S/C25H21N5OS/c1-26-22-11-16(9-10-27-22)15-32-21-8-4-7-20-24(21)19(14-28-20)25(31)30-23-12-17-5-2-3-6-18(17)13-29-23/h2-14,28H,15H2,1H3,(H,26,27)(H,29,30,31). The van der Waals surface area contributed by atoms with Crippen molar-refractivity contribution < 1.29 is 4.79 Å². The highest BCUT2D eigenvalue weighted by molar-refractivity contribution is 7.98. The topological polar surface area (TPSA) is 82.7 Å². The Morgan fingerprint density at radius 2 is 1.88 bits per heavy atom. The fourth-order valence-electron chi connectivity index (χ4n) is 3.65. The summed E-state index contributed by atoms with van der Waals surface area (Å²) in [5.41, 5.74) is 2.69. The van der Waals surface area contributed by atoms with Gasteiger partial charge >= 0.3 is 0 Å². The molecule has 158 valence electrons. The van der Waals surface area contributed by atoms with Crippen LogP contribution < -0.4 is 10.6 Å². The molecule has 0 radical (unpaired) electrons. The average Bonchev–Trinajstić information content (AvgIpc) is 3.28. The number of rotatable bonds is 6. The summed E-state index contributed by atoms with van der Waals surface area (Å²) in [5.74, 6) is 1.96. The number of carbonyl (C=O) groups excluding carboxylic acids is 1. The molecule has 6 nitrogen and oxygen atoms in total. The Bertz CT molecular complexity index is 1430. The zero-order chi connectivity index (χ0) is 21.9. The van der Waals surface area contributed by atoms with Gasteiger partial charge in [-0.05, 0) is 41.3 Å². The SMILES string of the molecule is CNc1cc(CSc2cccc3[nH]cc(C(=O)Nc4cc5ccccc5cn4)c23)ccn1. The number of aromatic nitrogens is 3. The van der Waals surface area contributed by atoms with Crippen LogP contribution in [0, 0.1) is 0 Å². The first-order valence-electron chi connectivity index (χ1n) is 10.2. The first kappa shape index (κ1) is 20.1. The van der Waals surface area contributed by atoms with Crippen LogP contribution in [0.5, 0.6) is 0 Å². The van der Waals surface area contributed by atoms with E-state index in [2.05, 4.69) is 25.6 Å². The molecule has 3 aromatic heterocycles. The van der Waals surface area contributed by atoms with Gasteiger partial charge in [-0.15, -0.1) is 11.8 Å². The molecule has 5 aromatic rings. The zero-order valence-corrected chi connectivity index (χ0v) is 18.2. The van der Waals surface area contributed by atoms with E-state index < -0.39 is 0 Å². The maximum atomic E-state index is 13.1. The molecule has 0 fully saturated rings. The number of amides is 1. The molecular formula is C25H21N5OS. The second kappa shape index (κ2) is 8.72. The monoisotopic (exact) mass is 439 g/mol. The van der Waals surface area contributed by atoms with Crippen molar-refractivity contribution in [3.05, 3.63) is 90.4 Å². The van der Waals surface area contributed by atoms with Crippen LogP contribution >= 0.6 is 11.8 Å². The molecule has 0 saturated heterocycles. The number of thioether (sulfide) groups is 1. The van der Waals surface area contributed by atoms with E-state index in [0.717, 1.165) is 43.7 Å². The van der Waals surface area contributed by atoms with E-state index in [0.29, 0.717) is 11.4 Å². The fraction of sp³-hybridized carbons (Fsp3) is 0.0800. The van der Waals surface area contributed by atoms with E-state index >= 15 is 0 Å². The molecule has 3 N–H and O–H groups in total. The van der Waals surface area contributed by atoms with Crippen LogP contribution in [0.15, 0.2) is 84.1 Å². The molecule has 5 rings (SSSR count). The van der Waals surface area contributed by atoms with E-state index in [1.807, 2.05) is 67.7 Å². The molecule has 1 amide bonds. The Kier molecular flexibility index (Phi) is 5.47. The zero-order valence-electron chi connectivity index (χ0n) is 17.4. The summed E-state index contributed by atoms with van der Waals surface area (Å²) < 4.78 is 0. The number of anilines is 2. The average molecular weight is 440 g/mol. The molecule has 0 atom stereocenters. The Balaban J connectivity index is 1.41. The van der Waals surface area contributed by atoms with Gasteiger partial charge in [0.05, 0.1) is 5.56 Å². The van der Waals surface area contributed by atoms with Gasteiger partial charge in [0.15, 0.2) is 0 Å². The molecule has 0 spiro atoms. The van der Waals surface area contributed by atoms with Crippen molar-refractivity contribution >= 4 is 51.0 Å². The smallest absolute Gasteiger partial charge is 0.259 e. The third-order valence-corrected chi connectivity index (χ3v) is 6.39. The minimum Gasteiger partial charge on any atom is -0.373 e. The van der Waals surface area contributed by atoms with E-state index in [1.165, 1.54) is 0 Å². The van der Waals surface area contributed by atoms with Gasteiger partial charge in [-0.2, -0.15) is 0 Å². The quantitative estimate of drug-likeness (QED) is 0.296. The van der Waals surface area contributed by atoms with Crippen LogP contribution in [0.4, 0.5) is 11.6 Å². The third kappa shape index (κ3) is 4.02. The van der Waals surface area contributed by atoms with Crippen LogP contribution in [-0.4, -0.2) is 27.9 Å². The summed E-state index contributed by atoms with van der Waals surface area (Å²) in [7, 11) is 1.86. The maximum absolute atomic E-state index is 13.1. The summed E-state index contributed by atoms with van der Waals surface area (Å²) in [5, 5.41) is 9.00. The molecule has 3 heterocycles. The molecule has 0 saturated carbocycles. The number of benzene rings is 2. The summed E-state index contributed by atoms with van der Waals surface area (Å²) in [4.78, 5) is 26.1. The van der Waals surface area contributed by atoms with Gasteiger partial charge in [-0.25, -0.2) is 9.97 Å². The van der Waals surface area contributed by atoms with Crippen molar-refractivity contribution in [1.29, 1.82) is 0 Å². The van der Waals surface area contributed by atoms with Gasteiger partial charge in [-0.1, -0.05) is 30.3 Å². The Morgan fingerprint density at radius 3 is 2.75 bits per heavy atom. The van der Waals surface area contributed by atoms with Gasteiger partial charge in [0.25, 0.3) is 5.91 Å². The predicted molar refractivity (Wildman–Crippen MR) is 131 cm³/mol. The van der Waals surface area contributed by atoms with Crippen molar-refractivity contribution in [3.63, 3.8) is 0 Å². The van der Waals surface area contributed by atoms with E-state index in [1.54, 1.807) is 30.4 Å². The predicted octanol–water partition coefficient (Wildman–Crippen LogP) is 5.70. The second-order valence-electron chi connectivity index (χ2n) is 7.34. The molecule has 0 aliphatic heterocycles. The highest BCUT2D eigenvalue weighted by atomic mass is 32.2. The second-order valence-corrected chi connectivity index (χ2v) is 8.36. The molecule has 2 aromatic carbocycles. The summed E-state index contributed by atoms with van der Waals surface area (Å²) in [6.45, 7) is 0. The lowest BCUT2D eigenvalue weighted by atomic mass is 10.1. The van der Waals surface area contributed by atoms with Crippen LogP contribution in [-0.2, 0) is 5.75 Å². The van der Waals surface area contributed by atoms with Gasteiger partial charge in [-0.3, -0.25) is 4.79 Å². The lowest BCUT2D eigenvalue weighted by Gasteiger charge is -2.08. The highest BCUT2D eigenvalue weighted by Crippen LogP contribution is 2.33. The number of pyridine rings is 2.